The average molecular weight is 351 g/mol. The molecule has 1 fully saturated rings. The first-order chi connectivity index (χ1) is 12.6. The van der Waals surface area contributed by atoms with Crippen LogP contribution in [-0.4, -0.2) is 40.5 Å². The molecule has 1 unspecified atom stereocenters. The fraction of sp³-hybridized carbons (Fsp3) is 0.389. The SMILES string of the molecule is CC(C)N1N=C(c2ccc3c(NC4CC4)noc3c2)C2=C(N)N=CNC21. The summed E-state index contributed by atoms with van der Waals surface area (Å²) < 4.78 is 5.54. The monoisotopic (exact) mass is 351 g/mol. The van der Waals surface area contributed by atoms with Crippen LogP contribution in [0.2, 0.25) is 0 Å². The number of hydrazone groups is 1. The molecule has 4 N–H and O–H groups in total. The van der Waals surface area contributed by atoms with Crippen LogP contribution >= 0.6 is 0 Å². The number of nitrogens with one attached hydrogen (secondary N) is 2. The van der Waals surface area contributed by atoms with Crippen LogP contribution < -0.4 is 16.4 Å². The molecule has 8 heteroatoms. The fourth-order valence-corrected chi connectivity index (χ4v) is 3.39. The lowest BCUT2D eigenvalue weighted by molar-refractivity contribution is 0.189. The van der Waals surface area contributed by atoms with Crippen molar-refractivity contribution in [3.05, 3.63) is 35.2 Å². The summed E-state index contributed by atoms with van der Waals surface area (Å²) in [7, 11) is 0. The molecule has 1 aromatic heterocycles. The van der Waals surface area contributed by atoms with Gasteiger partial charge in [0.15, 0.2) is 11.4 Å². The molecule has 1 atom stereocenters. The molecule has 0 bridgehead atoms. The summed E-state index contributed by atoms with van der Waals surface area (Å²) in [5.41, 5.74) is 9.57. The van der Waals surface area contributed by atoms with E-state index in [1.54, 1.807) is 6.34 Å². The van der Waals surface area contributed by atoms with Crippen molar-refractivity contribution in [2.24, 2.45) is 15.8 Å². The van der Waals surface area contributed by atoms with E-state index in [1.165, 1.54) is 12.8 Å². The molecule has 8 nitrogen and oxygen atoms in total. The van der Waals surface area contributed by atoms with Gasteiger partial charge in [0.05, 0.1) is 17.3 Å². The Balaban J connectivity index is 1.57. The molecule has 3 heterocycles. The van der Waals surface area contributed by atoms with Gasteiger partial charge in [-0.25, -0.2) is 4.99 Å². The molecule has 0 saturated heterocycles. The highest BCUT2D eigenvalue weighted by Gasteiger charge is 2.37. The number of nitrogens with zero attached hydrogens (tertiary/aromatic N) is 4. The van der Waals surface area contributed by atoms with Gasteiger partial charge in [-0.2, -0.15) is 5.10 Å². The zero-order valence-corrected chi connectivity index (χ0v) is 14.7. The number of fused-ring (bicyclic) bond motifs is 2. The van der Waals surface area contributed by atoms with Crippen LogP contribution in [0, 0.1) is 0 Å². The molecular formula is C18H21N7O. The topological polar surface area (TPSA) is 104 Å². The van der Waals surface area contributed by atoms with Crippen LogP contribution in [0.15, 0.2) is 44.2 Å². The van der Waals surface area contributed by atoms with Crippen molar-refractivity contribution in [1.82, 2.24) is 15.5 Å². The van der Waals surface area contributed by atoms with E-state index < -0.39 is 0 Å². The molecule has 134 valence electrons. The number of rotatable bonds is 4. The summed E-state index contributed by atoms with van der Waals surface area (Å²) in [6, 6.07) is 6.79. The minimum absolute atomic E-state index is 0.0972. The van der Waals surface area contributed by atoms with Crippen LogP contribution in [0.3, 0.4) is 0 Å². The van der Waals surface area contributed by atoms with Crippen molar-refractivity contribution in [1.29, 1.82) is 0 Å². The van der Waals surface area contributed by atoms with Crippen molar-refractivity contribution in [3.8, 4) is 0 Å². The van der Waals surface area contributed by atoms with E-state index in [4.69, 9.17) is 15.4 Å². The number of hydrogen-bond donors (Lipinski definition) is 3. The number of benzene rings is 1. The van der Waals surface area contributed by atoms with Gasteiger partial charge in [-0.1, -0.05) is 11.2 Å². The van der Waals surface area contributed by atoms with Crippen LogP contribution in [0.1, 0.15) is 32.3 Å². The maximum absolute atomic E-state index is 6.18. The molecule has 1 saturated carbocycles. The van der Waals surface area contributed by atoms with Gasteiger partial charge < -0.3 is 20.9 Å². The third-order valence-electron chi connectivity index (χ3n) is 4.91. The Morgan fingerprint density at radius 3 is 2.96 bits per heavy atom. The molecule has 3 aliphatic rings. The number of hydrogen-bond acceptors (Lipinski definition) is 8. The summed E-state index contributed by atoms with van der Waals surface area (Å²) in [5.74, 6) is 1.30. The van der Waals surface area contributed by atoms with Crippen molar-refractivity contribution in [2.75, 3.05) is 5.32 Å². The molecular weight excluding hydrogens is 330 g/mol. The maximum atomic E-state index is 6.18. The first-order valence-electron chi connectivity index (χ1n) is 8.93. The van der Waals surface area contributed by atoms with Crippen LogP contribution in [0.25, 0.3) is 11.0 Å². The van der Waals surface area contributed by atoms with Gasteiger partial charge in [-0.15, -0.1) is 0 Å². The molecule has 5 rings (SSSR count). The van der Waals surface area contributed by atoms with Gasteiger partial charge in [0.1, 0.15) is 17.7 Å². The van der Waals surface area contributed by atoms with E-state index >= 15 is 0 Å². The summed E-state index contributed by atoms with van der Waals surface area (Å²) in [4.78, 5) is 4.22. The minimum atomic E-state index is -0.0972. The van der Waals surface area contributed by atoms with Gasteiger partial charge in [-0.05, 0) is 38.8 Å². The lowest BCUT2D eigenvalue weighted by Gasteiger charge is -2.29. The fourth-order valence-electron chi connectivity index (χ4n) is 3.39. The second kappa shape index (κ2) is 5.48. The zero-order valence-electron chi connectivity index (χ0n) is 14.7. The van der Waals surface area contributed by atoms with E-state index in [1.807, 2.05) is 23.2 Å². The van der Waals surface area contributed by atoms with Gasteiger partial charge in [0, 0.05) is 17.6 Å². The molecule has 1 aromatic carbocycles. The van der Waals surface area contributed by atoms with Gasteiger partial charge in [-0.3, -0.25) is 5.01 Å². The molecule has 1 aliphatic carbocycles. The molecule has 2 aromatic rings. The van der Waals surface area contributed by atoms with E-state index in [0.29, 0.717) is 11.9 Å². The lowest BCUT2D eigenvalue weighted by Crippen LogP contribution is -2.46. The first-order valence-corrected chi connectivity index (χ1v) is 8.93. The minimum Gasteiger partial charge on any atom is -0.383 e. The van der Waals surface area contributed by atoms with Crippen LogP contribution in [-0.2, 0) is 0 Å². The van der Waals surface area contributed by atoms with Gasteiger partial charge in [0.2, 0.25) is 0 Å². The van der Waals surface area contributed by atoms with E-state index in [-0.39, 0.29) is 12.2 Å². The van der Waals surface area contributed by atoms with Gasteiger partial charge >= 0.3 is 0 Å². The van der Waals surface area contributed by atoms with Gasteiger partial charge in [0.25, 0.3) is 0 Å². The van der Waals surface area contributed by atoms with E-state index in [0.717, 1.165) is 33.6 Å². The van der Waals surface area contributed by atoms with Crippen LogP contribution in [0.5, 0.6) is 0 Å². The van der Waals surface area contributed by atoms with E-state index in [9.17, 15) is 0 Å². The molecule has 2 aliphatic heterocycles. The molecule has 0 radical (unpaired) electrons. The smallest absolute Gasteiger partial charge is 0.177 e. The summed E-state index contributed by atoms with van der Waals surface area (Å²) >= 11 is 0. The summed E-state index contributed by atoms with van der Waals surface area (Å²) in [6.07, 6.45) is 3.92. The highest BCUT2D eigenvalue weighted by atomic mass is 16.5. The zero-order chi connectivity index (χ0) is 17.8. The lowest BCUT2D eigenvalue weighted by atomic mass is 9.99. The normalized spacial score (nSPS) is 22.0. The van der Waals surface area contributed by atoms with Crippen LogP contribution in [0.4, 0.5) is 5.82 Å². The Morgan fingerprint density at radius 2 is 2.19 bits per heavy atom. The van der Waals surface area contributed by atoms with Crippen molar-refractivity contribution in [3.63, 3.8) is 0 Å². The Bertz CT molecular complexity index is 967. The number of aromatic nitrogens is 1. The second-order valence-electron chi connectivity index (χ2n) is 7.21. The molecule has 26 heavy (non-hydrogen) atoms. The summed E-state index contributed by atoms with van der Waals surface area (Å²) in [5, 5.41) is 18.6. The van der Waals surface area contributed by atoms with Crippen molar-refractivity contribution < 1.29 is 4.52 Å². The average Bonchev–Trinajstić information content (AvgIpc) is 3.21. The number of anilines is 1. The quantitative estimate of drug-likeness (QED) is 0.778. The predicted octanol–water partition coefficient (Wildman–Crippen LogP) is 1.96. The Kier molecular flexibility index (Phi) is 3.22. The van der Waals surface area contributed by atoms with Crippen molar-refractivity contribution in [2.45, 2.75) is 44.9 Å². The second-order valence-corrected chi connectivity index (χ2v) is 7.21. The first kappa shape index (κ1) is 15.2. The highest BCUT2D eigenvalue weighted by molar-refractivity contribution is 6.16. The Hall–Kier alpha value is -3.03. The molecule has 0 amide bonds. The predicted molar refractivity (Wildman–Crippen MR) is 101 cm³/mol. The van der Waals surface area contributed by atoms with Crippen molar-refractivity contribution >= 4 is 28.8 Å². The third kappa shape index (κ3) is 2.33. The molecule has 0 spiro atoms. The summed E-state index contributed by atoms with van der Waals surface area (Å²) in [6.45, 7) is 4.20. The largest absolute Gasteiger partial charge is 0.383 e. The number of aliphatic imine (C=N–C) groups is 1. The third-order valence-corrected chi connectivity index (χ3v) is 4.91. The highest BCUT2D eigenvalue weighted by Crippen LogP contribution is 2.33. The number of nitrogens with two attached hydrogens (primary N) is 1. The Labute approximate surface area is 150 Å². The maximum Gasteiger partial charge on any atom is 0.177 e. The standard InChI is InChI=1S/C18H21N7O/c1-9(2)25-18-14(16(19)20-8-21-18)15(23-25)10-3-6-12-13(7-10)26-24-17(12)22-11-4-5-11/h3,6-9,11,18H,4-5,19H2,1-2H3,(H,20,21)(H,22,24). The Morgan fingerprint density at radius 1 is 1.35 bits per heavy atom. The van der Waals surface area contributed by atoms with E-state index in [2.05, 4.69) is 34.6 Å².